The van der Waals surface area contributed by atoms with Gasteiger partial charge in [0.2, 0.25) is 0 Å². The molecule has 0 aliphatic heterocycles. The highest BCUT2D eigenvalue weighted by molar-refractivity contribution is 5.97. The normalized spacial score (nSPS) is 12.7. The SMILES string of the molecule is COc1ccc(C(C)(C)C)cc1N[C@@H](C(=O)NC(N)=O)C(C)C. The Balaban J connectivity index is 3.16. The summed E-state index contributed by atoms with van der Waals surface area (Å²) in [5.74, 6) is 0.128. The molecule has 0 fully saturated rings. The molecule has 0 unspecified atom stereocenters. The molecule has 1 rings (SSSR count). The number of hydrogen-bond donors (Lipinski definition) is 3. The first-order chi connectivity index (χ1) is 10.6. The molecule has 4 N–H and O–H groups in total. The summed E-state index contributed by atoms with van der Waals surface area (Å²) in [7, 11) is 1.57. The van der Waals surface area contributed by atoms with Crippen molar-refractivity contribution in [1.29, 1.82) is 0 Å². The highest BCUT2D eigenvalue weighted by Crippen LogP contribution is 2.32. The van der Waals surface area contributed by atoms with Crippen LogP contribution in [0.15, 0.2) is 18.2 Å². The van der Waals surface area contributed by atoms with Gasteiger partial charge in [-0.1, -0.05) is 40.7 Å². The second-order valence-corrected chi connectivity index (χ2v) is 6.88. The molecule has 6 heteroatoms. The lowest BCUT2D eigenvalue weighted by atomic mass is 9.86. The number of imide groups is 1. The summed E-state index contributed by atoms with van der Waals surface area (Å²) in [5, 5.41) is 5.29. The van der Waals surface area contributed by atoms with Crippen LogP contribution < -0.4 is 21.1 Å². The fraction of sp³-hybridized carbons (Fsp3) is 0.529. The first kappa shape index (κ1) is 18.8. The number of benzene rings is 1. The maximum Gasteiger partial charge on any atom is 0.318 e. The smallest absolute Gasteiger partial charge is 0.318 e. The van der Waals surface area contributed by atoms with Crippen LogP contribution in [0, 0.1) is 5.92 Å². The predicted molar refractivity (Wildman–Crippen MR) is 91.7 cm³/mol. The number of ether oxygens (including phenoxy) is 1. The molecule has 1 atom stereocenters. The van der Waals surface area contributed by atoms with Crippen LogP contribution in [0.3, 0.4) is 0 Å². The highest BCUT2D eigenvalue weighted by atomic mass is 16.5. The molecule has 23 heavy (non-hydrogen) atoms. The topological polar surface area (TPSA) is 93.4 Å². The van der Waals surface area contributed by atoms with Gasteiger partial charge in [0.25, 0.3) is 5.91 Å². The van der Waals surface area contributed by atoms with Crippen molar-refractivity contribution in [3.8, 4) is 5.75 Å². The molecule has 128 valence electrons. The summed E-state index contributed by atoms with van der Waals surface area (Å²) in [4.78, 5) is 23.1. The summed E-state index contributed by atoms with van der Waals surface area (Å²) < 4.78 is 5.37. The van der Waals surface area contributed by atoms with Gasteiger partial charge < -0.3 is 15.8 Å². The Bertz CT molecular complexity index is 577. The second kappa shape index (κ2) is 7.35. The van der Waals surface area contributed by atoms with Crippen LogP contribution >= 0.6 is 0 Å². The summed E-state index contributed by atoms with van der Waals surface area (Å²) in [6, 6.07) is 4.36. The molecular formula is C17H27N3O3. The van der Waals surface area contributed by atoms with E-state index >= 15 is 0 Å². The molecule has 0 aliphatic rings. The van der Waals surface area contributed by atoms with Gasteiger partial charge >= 0.3 is 6.03 Å². The maximum atomic E-state index is 12.2. The zero-order valence-electron chi connectivity index (χ0n) is 14.7. The zero-order valence-corrected chi connectivity index (χ0v) is 14.7. The number of hydrogen-bond acceptors (Lipinski definition) is 4. The van der Waals surface area contributed by atoms with Gasteiger partial charge in [-0.15, -0.1) is 0 Å². The van der Waals surface area contributed by atoms with E-state index in [1.165, 1.54) is 0 Å². The first-order valence-electron chi connectivity index (χ1n) is 7.61. The molecule has 0 radical (unpaired) electrons. The minimum absolute atomic E-state index is 0.0362. The summed E-state index contributed by atoms with van der Waals surface area (Å²) in [5.41, 5.74) is 6.82. The third-order valence-corrected chi connectivity index (χ3v) is 3.57. The number of rotatable bonds is 5. The van der Waals surface area contributed by atoms with Gasteiger partial charge in [-0.2, -0.15) is 0 Å². The Morgan fingerprint density at radius 1 is 1.22 bits per heavy atom. The van der Waals surface area contributed by atoms with E-state index in [1.54, 1.807) is 7.11 Å². The van der Waals surface area contributed by atoms with Crippen molar-refractivity contribution >= 4 is 17.6 Å². The van der Waals surface area contributed by atoms with Crippen LogP contribution in [0.25, 0.3) is 0 Å². The average Bonchev–Trinajstić information content (AvgIpc) is 2.42. The van der Waals surface area contributed by atoms with Crippen molar-refractivity contribution in [3.63, 3.8) is 0 Å². The van der Waals surface area contributed by atoms with Gasteiger partial charge in [-0.05, 0) is 29.0 Å². The summed E-state index contributed by atoms with van der Waals surface area (Å²) in [6.07, 6.45) is 0. The molecule has 1 aromatic rings. The van der Waals surface area contributed by atoms with E-state index in [9.17, 15) is 9.59 Å². The lowest BCUT2D eigenvalue weighted by Gasteiger charge is -2.25. The fourth-order valence-corrected chi connectivity index (χ4v) is 2.19. The lowest BCUT2D eigenvalue weighted by molar-refractivity contribution is -0.121. The van der Waals surface area contributed by atoms with Gasteiger partial charge in [-0.25, -0.2) is 4.79 Å². The third-order valence-electron chi connectivity index (χ3n) is 3.57. The largest absolute Gasteiger partial charge is 0.495 e. The van der Waals surface area contributed by atoms with E-state index in [1.807, 2.05) is 32.0 Å². The van der Waals surface area contributed by atoms with Gasteiger partial charge in [0.05, 0.1) is 12.8 Å². The molecule has 0 saturated heterocycles. The average molecular weight is 321 g/mol. The molecule has 0 aliphatic carbocycles. The molecule has 3 amide bonds. The van der Waals surface area contributed by atoms with E-state index in [2.05, 4.69) is 31.4 Å². The molecule has 0 bridgehead atoms. The Morgan fingerprint density at radius 2 is 1.83 bits per heavy atom. The Hall–Kier alpha value is -2.24. The second-order valence-electron chi connectivity index (χ2n) is 6.88. The van der Waals surface area contributed by atoms with Crippen molar-refractivity contribution < 1.29 is 14.3 Å². The van der Waals surface area contributed by atoms with Gasteiger partial charge in [-0.3, -0.25) is 10.1 Å². The maximum absolute atomic E-state index is 12.2. The number of carbonyl (C=O) groups excluding carboxylic acids is 2. The van der Waals surface area contributed by atoms with Gasteiger partial charge in [0, 0.05) is 0 Å². The Kier molecular flexibility index (Phi) is 6.01. The first-order valence-corrected chi connectivity index (χ1v) is 7.61. The van der Waals surface area contributed by atoms with E-state index in [0.717, 1.165) is 5.56 Å². The molecule has 0 heterocycles. The molecular weight excluding hydrogens is 294 g/mol. The van der Waals surface area contributed by atoms with Crippen molar-refractivity contribution in [1.82, 2.24) is 5.32 Å². The van der Waals surface area contributed by atoms with E-state index in [0.29, 0.717) is 11.4 Å². The Morgan fingerprint density at radius 3 is 2.26 bits per heavy atom. The van der Waals surface area contributed by atoms with Crippen LogP contribution in [-0.4, -0.2) is 25.1 Å². The molecule has 0 aromatic heterocycles. The van der Waals surface area contributed by atoms with Crippen LogP contribution in [0.5, 0.6) is 5.75 Å². The standard InChI is InChI=1S/C17H27N3O3/c1-10(2)14(15(21)20-16(18)22)19-12-9-11(17(3,4)5)7-8-13(12)23-6/h7-10,14,19H,1-6H3,(H3,18,20,21,22)/t14-/m1/s1. The van der Waals surface area contributed by atoms with E-state index in [4.69, 9.17) is 10.5 Å². The number of primary amides is 1. The molecule has 0 saturated carbocycles. The van der Waals surface area contributed by atoms with Crippen molar-refractivity contribution in [3.05, 3.63) is 23.8 Å². The lowest BCUT2D eigenvalue weighted by Crippen LogP contribution is -2.47. The van der Waals surface area contributed by atoms with Crippen LogP contribution in [0.4, 0.5) is 10.5 Å². The van der Waals surface area contributed by atoms with Crippen molar-refractivity contribution in [2.24, 2.45) is 11.7 Å². The fourth-order valence-electron chi connectivity index (χ4n) is 2.19. The van der Waals surface area contributed by atoms with Gasteiger partial charge in [0.1, 0.15) is 11.8 Å². The summed E-state index contributed by atoms with van der Waals surface area (Å²) >= 11 is 0. The van der Waals surface area contributed by atoms with Crippen LogP contribution in [-0.2, 0) is 10.2 Å². The van der Waals surface area contributed by atoms with Crippen molar-refractivity contribution in [2.75, 3.05) is 12.4 Å². The number of nitrogens with two attached hydrogens (primary N) is 1. The number of methoxy groups -OCH3 is 1. The van der Waals surface area contributed by atoms with Crippen LogP contribution in [0.1, 0.15) is 40.2 Å². The number of nitrogens with one attached hydrogen (secondary N) is 2. The molecule has 1 aromatic carbocycles. The van der Waals surface area contributed by atoms with Crippen LogP contribution in [0.2, 0.25) is 0 Å². The number of carbonyl (C=O) groups is 2. The van der Waals surface area contributed by atoms with Crippen molar-refractivity contribution in [2.45, 2.75) is 46.1 Å². The highest BCUT2D eigenvalue weighted by Gasteiger charge is 2.25. The van der Waals surface area contributed by atoms with Gasteiger partial charge in [0.15, 0.2) is 0 Å². The number of amides is 3. The monoisotopic (exact) mass is 321 g/mol. The predicted octanol–water partition coefficient (Wildman–Crippen LogP) is 2.62. The van der Waals surface area contributed by atoms with E-state index in [-0.39, 0.29) is 11.3 Å². The minimum Gasteiger partial charge on any atom is -0.495 e. The third kappa shape index (κ3) is 5.16. The number of urea groups is 1. The quantitative estimate of drug-likeness (QED) is 0.777. The summed E-state index contributed by atoms with van der Waals surface area (Å²) in [6.45, 7) is 10.1. The Labute approximate surface area is 137 Å². The zero-order chi connectivity index (χ0) is 17.8. The van der Waals surface area contributed by atoms with E-state index < -0.39 is 18.0 Å². The minimum atomic E-state index is -0.863. The molecule has 0 spiro atoms. The molecule has 6 nitrogen and oxygen atoms in total. The number of anilines is 1.